The van der Waals surface area contributed by atoms with Crippen LogP contribution < -0.4 is 10.6 Å². The molecule has 0 aromatic carbocycles. The molecule has 2 amide bonds. The van der Waals surface area contributed by atoms with E-state index in [1.165, 1.54) is 0 Å². The predicted molar refractivity (Wildman–Crippen MR) is 76.3 cm³/mol. The van der Waals surface area contributed by atoms with Gasteiger partial charge in [-0.3, -0.25) is 4.79 Å². The SMILES string of the molecule is CC(C)CC(C)NC(=O)NC1C2CCC(C2)C1C(=O)O. The second-order valence-electron chi connectivity index (χ2n) is 6.87. The number of carbonyl (C=O) groups is 2. The maximum absolute atomic E-state index is 12.0. The monoisotopic (exact) mass is 282 g/mol. The molecule has 5 nitrogen and oxygen atoms in total. The lowest BCUT2D eigenvalue weighted by Crippen LogP contribution is -2.51. The Morgan fingerprint density at radius 2 is 1.85 bits per heavy atom. The van der Waals surface area contributed by atoms with Crippen LogP contribution in [0.4, 0.5) is 4.79 Å². The third-order valence-corrected chi connectivity index (χ3v) is 4.70. The van der Waals surface area contributed by atoms with Crippen LogP contribution in [0.5, 0.6) is 0 Å². The van der Waals surface area contributed by atoms with Crippen molar-refractivity contribution in [3.63, 3.8) is 0 Å². The third kappa shape index (κ3) is 3.25. The van der Waals surface area contributed by atoms with Crippen LogP contribution in [0.3, 0.4) is 0 Å². The maximum atomic E-state index is 12.0. The van der Waals surface area contributed by atoms with Gasteiger partial charge in [-0.2, -0.15) is 0 Å². The van der Waals surface area contributed by atoms with E-state index in [2.05, 4.69) is 24.5 Å². The summed E-state index contributed by atoms with van der Waals surface area (Å²) in [4.78, 5) is 23.4. The van der Waals surface area contributed by atoms with Crippen molar-refractivity contribution in [2.45, 2.75) is 58.5 Å². The van der Waals surface area contributed by atoms with Crippen molar-refractivity contribution in [2.75, 3.05) is 0 Å². The number of hydrogen-bond acceptors (Lipinski definition) is 2. The number of nitrogens with one attached hydrogen (secondary N) is 2. The summed E-state index contributed by atoms with van der Waals surface area (Å²) < 4.78 is 0. The Kier molecular flexibility index (Phi) is 4.55. The molecule has 2 aliphatic rings. The molecule has 0 radical (unpaired) electrons. The van der Waals surface area contributed by atoms with Gasteiger partial charge in [-0.15, -0.1) is 0 Å². The number of fused-ring (bicyclic) bond motifs is 2. The molecule has 0 aromatic rings. The van der Waals surface area contributed by atoms with E-state index < -0.39 is 11.9 Å². The highest BCUT2D eigenvalue weighted by atomic mass is 16.4. The summed E-state index contributed by atoms with van der Waals surface area (Å²) in [5.74, 6) is -0.0552. The van der Waals surface area contributed by atoms with Gasteiger partial charge in [0.2, 0.25) is 0 Å². The van der Waals surface area contributed by atoms with E-state index in [-0.39, 0.29) is 24.0 Å². The van der Waals surface area contributed by atoms with Gasteiger partial charge >= 0.3 is 12.0 Å². The van der Waals surface area contributed by atoms with Gasteiger partial charge < -0.3 is 15.7 Å². The molecule has 0 aliphatic heterocycles. The van der Waals surface area contributed by atoms with E-state index in [4.69, 9.17) is 0 Å². The molecule has 2 bridgehead atoms. The zero-order chi connectivity index (χ0) is 14.9. The first-order valence-corrected chi connectivity index (χ1v) is 7.68. The zero-order valence-corrected chi connectivity index (χ0v) is 12.6. The molecule has 5 heteroatoms. The second kappa shape index (κ2) is 6.02. The summed E-state index contributed by atoms with van der Waals surface area (Å²) in [7, 11) is 0. The summed E-state index contributed by atoms with van der Waals surface area (Å²) in [6.45, 7) is 6.22. The molecule has 2 rings (SSSR count). The molecular formula is C15H26N2O3. The second-order valence-corrected chi connectivity index (χ2v) is 6.87. The van der Waals surface area contributed by atoms with E-state index in [9.17, 15) is 14.7 Å². The first-order valence-electron chi connectivity index (χ1n) is 7.68. The number of aliphatic carboxylic acids is 1. The van der Waals surface area contributed by atoms with E-state index in [1.54, 1.807) is 0 Å². The van der Waals surface area contributed by atoms with Gasteiger partial charge in [0.25, 0.3) is 0 Å². The zero-order valence-electron chi connectivity index (χ0n) is 12.6. The number of amides is 2. The topological polar surface area (TPSA) is 78.4 Å². The molecule has 2 fully saturated rings. The average Bonchev–Trinajstić information content (AvgIpc) is 2.86. The van der Waals surface area contributed by atoms with Crippen molar-refractivity contribution < 1.29 is 14.7 Å². The Labute approximate surface area is 120 Å². The molecule has 5 unspecified atom stereocenters. The lowest BCUT2D eigenvalue weighted by atomic mass is 9.84. The molecular weight excluding hydrogens is 256 g/mol. The van der Waals surface area contributed by atoms with Crippen LogP contribution >= 0.6 is 0 Å². The van der Waals surface area contributed by atoms with Gasteiger partial charge in [-0.1, -0.05) is 13.8 Å². The Morgan fingerprint density at radius 1 is 1.20 bits per heavy atom. The first kappa shape index (κ1) is 15.1. The highest BCUT2D eigenvalue weighted by Crippen LogP contribution is 2.48. The van der Waals surface area contributed by atoms with Crippen LogP contribution in [0, 0.1) is 23.7 Å². The molecule has 0 saturated heterocycles. The van der Waals surface area contributed by atoms with Gasteiger partial charge in [0, 0.05) is 12.1 Å². The lowest BCUT2D eigenvalue weighted by molar-refractivity contribution is -0.144. The molecule has 0 heterocycles. The largest absolute Gasteiger partial charge is 0.481 e. The predicted octanol–water partition coefficient (Wildman–Crippen LogP) is 2.22. The molecule has 2 aliphatic carbocycles. The summed E-state index contributed by atoms with van der Waals surface area (Å²) in [6.07, 6.45) is 3.90. The van der Waals surface area contributed by atoms with Crippen LogP contribution in [0.1, 0.15) is 46.5 Å². The van der Waals surface area contributed by atoms with Crippen molar-refractivity contribution in [2.24, 2.45) is 23.7 Å². The smallest absolute Gasteiger partial charge is 0.315 e. The summed E-state index contributed by atoms with van der Waals surface area (Å²) >= 11 is 0. The van der Waals surface area contributed by atoms with Gasteiger partial charge in [-0.05, 0) is 50.4 Å². The molecule has 3 N–H and O–H groups in total. The van der Waals surface area contributed by atoms with Crippen LogP contribution in [-0.2, 0) is 4.79 Å². The fourth-order valence-corrected chi connectivity index (χ4v) is 4.04. The van der Waals surface area contributed by atoms with Crippen molar-refractivity contribution in [3.8, 4) is 0 Å². The van der Waals surface area contributed by atoms with Crippen LogP contribution in [0.2, 0.25) is 0 Å². The highest BCUT2D eigenvalue weighted by Gasteiger charge is 2.51. The molecule has 20 heavy (non-hydrogen) atoms. The number of rotatable bonds is 5. The van der Waals surface area contributed by atoms with E-state index in [0.717, 1.165) is 25.7 Å². The Hall–Kier alpha value is -1.26. The average molecular weight is 282 g/mol. The van der Waals surface area contributed by atoms with Gasteiger partial charge in [-0.25, -0.2) is 4.79 Å². The Balaban J connectivity index is 1.88. The normalized spacial score (nSPS) is 33.2. The number of carboxylic acid groups (broad SMARTS) is 1. The number of carbonyl (C=O) groups excluding carboxylic acids is 1. The van der Waals surface area contributed by atoms with Crippen LogP contribution in [0.25, 0.3) is 0 Å². The van der Waals surface area contributed by atoms with Crippen LogP contribution in [0.15, 0.2) is 0 Å². The number of urea groups is 1. The highest BCUT2D eigenvalue weighted by molar-refractivity contribution is 5.77. The fourth-order valence-electron chi connectivity index (χ4n) is 4.04. The third-order valence-electron chi connectivity index (χ3n) is 4.70. The van der Waals surface area contributed by atoms with Crippen molar-refractivity contribution >= 4 is 12.0 Å². The van der Waals surface area contributed by atoms with E-state index in [1.807, 2.05) is 6.92 Å². The van der Waals surface area contributed by atoms with Crippen LogP contribution in [-0.4, -0.2) is 29.2 Å². The molecule has 2 saturated carbocycles. The fraction of sp³-hybridized carbons (Fsp3) is 0.867. The van der Waals surface area contributed by atoms with Gasteiger partial charge in [0.1, 0.15) is 0 Å². The summed E-state index contributed by atoms with van der Waals surface area (Å²) in [5, 5.41) is 15.2. The number of hydrogen-bond donors (Lipinski definition) is 3. The van der Waals surface area contributed by atoms with E-state index >= 15 is 0 Å². The van der Waals surface area contributed by atoms with E-state index in [0.29, 0.717) is 11.8 Å². The number of carboxylic acids is 1. The van der Waals surface area contributed by atoms with Gasteiger partial charge in [0.05, 0.1) is 5.92 Å². The first-order chi connectivity index (χ1) is 9.38. The molecule has 5 atom stereocenters. The molecule has 0 aromatic heterocycles. The van der Waals surface area contributed by atoms with Crippen molar-refractivity contribution in [3.05, 3.63) is 0 Å². The minimum Gasteiger partial charge on any atom is -0.481 e. The van der Waals surface area contributed by atoms with Crippen molar-refractivity contribution in [1.82, 2.24) is 10.6 Å². The quantitative estimate of drug-likeness (QED) is 0.723. The standard InChI is InChI=1S/C15H26N2O3/c1-8(2)6-9(3)16-15(20)17-13-11-5-4-10(7-11)12(13)14(18)19/h8-13H,4-7H2,1-3H3,(H,18,19)(H2,16,17,20). The summed E-state index contributed by atoms with van der Waals surface area (Å²) in [5.41, 5.74) is 0. The maximum Gasteiger partial charge on any atom is 0.315 e. The minimum absolute atomic E-state index is 0.108. The van der Waals surface area contributed by atoms with Gasteiger partial charge in [0.15, 0.2) is 0 Å². The Morgan fingerprint density at radius 3 is 2.45 bits per heavy atom. The summed E-state index contributed by atoms with van der Waals surface area (Å²) in [6, 6.07) is -0.309. The minimum atomic E-state index is -0.766. The Bertz CT molecular complexity index is 383. The lowest BCUT2D eigenvalue weighted by Gasteiger charge is -2.29. The molecule has 114 valence electrons. The molecule has 0 spiro atoms. The van der Waals surface area contributed by atoms with Crippen molar-refractivity contribution in [1.29, 1.82) is 0 Å².